The molecule has 6 nitrogen and oxygen atoms in total. The number of halogens is 1. The van der Waals surface area contributed by atoms with Crippen LogP contribution in [0.15, 0.2) is 53.5 Å². The van der Waals surface area contributed by atoms with Gasteiger partial charge < -0.3 is 25.0 Å². The van der Waals surface area contributed by atoms with E-state index >= 15 is 0 Å². The number of hydrogen-bond donors (Lipinski definition) is 2. The maximum absolute atomic E-state index is 6.01. The van der Waals surface area contributed by atoms with Gasteiger partial charge in [-0.3, -0.25) is 4.99 Å². The molecule has 2 aromatic carbocycles. The SMILES string of the molecule is CN=C(NCC1COc2ccccc2O1)NC(C)c1cccc(N2CCCC2)c1.I. The molecule has 2 aliphatic rings. The van der Waals surface area contributed by atoms with E-state index in [9.17, 15) is 0 Å². The van der Waals surface area contributed by atoms with E-state index in [0.29, 0.717) is 13.2 Å². The van der Waals surface area contributed by atoms with Crippen LogP contribution in [0.3, 0.4) is 0 Å². The van der Waals surface area contributed by atoms with E-state index in [0.717, 1.165) is 30.5 Å². The fraction of sp³-hybridized carbons (Fsp3) is 0.435. The van der Waals surface area contributed by atoms with Crippen molar-refractivity contribution in [3.05, 3.63) is 54.1 Å². The molecule has 30 heavy (non-hydrogen) atoms. The fourth-order valence-electron chi connectivity index (χ4n) is 3.82. The third-order valence-corrected chi connectivity index (χ3v) is 5.48. The van der Waals surface area contributed by atoms with E-state index in [1.807, 2.05) is 24.3 Å². The molecule has 2 unspecified atom stereocenters. The first kappa shape index (κ1) is 22.5. The first-order valence-corrected chi connectivity index (χ1v) is 10.4. The van der Waals surface area contributed by atoms with E-state index in [4.69, 9.17) is 9.47 Å². The van der Waals surface area contributed by atoms with Gasteiger partial charge in [0.1, 0.15) is 12.7 Å². The molecule has 0 radical (unpaired) electrons. The minimum absolute atomic E-state index is 0. The summed E-state index contributed by atoms with van der Waals surface area (Å²) < 4.78 is 11.8. The van der Waals surface area contributed by atoms with Gasteiger partial charge in [0, 0.05) is 25.8 Å². The maximum Gasteiger partial charge on any atom is 0.191 e. The van der Waals surface area contributed by atoms with Crippen molar-refractivity contribution < 1.29 is 9.47 Å². The molecule has 1 fully saturated rings. The Balaban J connectivity index is 0.00000256. The maximum atomic E-state index is 6.01. The van der Waals surface area contributed by atoms with Gasteiger partial charge in [0.25, 0.3) is 0 Å². The van der Waals surface area contributed by atoms with Crippen LogP contribution in [-0.2, 0) is 0 Å². The summed E-state index contributed by atoms with van der Waals surface area (Å²) >= 11 is 0. The van der Waals surface area contributed by atoms with Crippen molar-refractivity contribution in [3.63, 3.8) is 0 Å². The van der Waals surface area contributed by atoms with Gasteiger partial charge in [0.2, 0.25) is 0 Å². The molecule has 0 amide bonds. The molecular formula is C23H31IN4O2. The number of ether oxygens (including phenoxy) is 2. The largest absolute Gasteiger partial charge is 0.486 e. The molecular weight excluding hydrogens is 491 g/mol. The van der Waals surface area contributed by atoms with Gasteiger partial charge in [-0.1, -0.05) is 24.3 Å². The summed E-state index contributed by atoms with van der Waals surface area (Å²) in [6, 6.07) is 16.7. The molecule has 2 aromatic rings. The number of hydrogen-bond acceptors (Lipinski definition) is 4. The van der Waals surface area contributed by atoms with E-state index in [1.165, 1.54) is 24.1 Å². The Bertz CT molecular complexity index is 855. The number of nitrogens with zero attached hydrogens (tertiary/aromatic N) is 2. The lowest BCUT2D eigenvalue weighted by molar-refractivity contribution is 0.0936. The molecule has 0 spiro atoms. The normalized spacial score (nSPS) is 19.1. The molecule has 7 heteroatoms. The Kier molecular flexibility index (Phi) is 8.07. The van der Waals surface area contributed by atoms with Gasteiger partial charge in [0.05, 0.1) is 12.6 Å². The van der Waals surface area contributed by atoms with Crippen molar-refractivity contribution >= 4 is 35.6 Å². The van der Waals surface area contributed by atoms with Crippen LogP contribution in [0.5, 0.6) is 11.5 Å². The summed E-state index contributed by atoms with van der Waals surface area (Å²) in [5, 5.41) is 6.85. The number of benzene rings is 2. The van der Waals surface area contributed by atoms with Crippen molar-refractivity contribution in [1.29, 1.82) is 0 Å². The van der Waals surface area contributed by atoms with Gasteiger partial charge in [0.15, 0.2) is 17.5 Å². The third kappa shape index (κ3) is 5.50. The molecule has 0 aliphatic carbocycles. The van der Waals surface area contributed by atoms with Crippen molar-refractivity contribution in [1.82, 2.24) is 10.6 Å². The average Bonchev–Trinajstić information content (AvgIpc) is 3.31. The zero-order chi connectivity index (χ0) is 20.1. The summed E-state index contributed by atoms with van der Waals surface area (Å²) in [6.45, 7) is 5.61. The monoisotopic (exact) mass is 522 g/mol. The summed E-state index contributed by atoms with van der Waals surface area (Å²) in [4.78, 5) is 6.83. The molecule has 2 aliphatic heterocycles. The molecule has 162 valence electrons. The van der Waals surface area contributed by atoms with Crippen LogP contribution < -0.4 is 25.0 Å². The van der Waals surface area contributed by atoms with E-state index in [1.54, 1.807) is 7.05 Å². The Labute approximate surface area is 196 Å². The lowest BCUT2D eigenvalue weighted by Crippen LogP contribution is -2.45. The Morgan fingerprint density at radius 3 is 2.67 bits per heavy atom. The van der Waals surface area contributed by atoms with Crippen LogP contribution in [0.25, 0.3) is 0 Å². The van der Waals surface area contributed by atoms with Gasteiger partial charge in [-0.05, 0) is 49.6 Å². The number of guanidine groups is 1. The van der Waals surface area contributed by atoms with E-state index in [-0.39, 0.29) is 36.1 Å². The lowest BCUT2D eigenvalue weighted by Gasteiger charge is -2.27. The Hall–Kier alpha value is -2.16. The zero-order valence-electron chi connectivity index (χ0n) is 17.6. The van der Waals surface area contributed by atoms with Gasteiger partial charge in [-0.25, -0.2) is 0 Å². The minimum atomic E-state index is -0.0581. The highest BCUT2D eigenvalue weighted by molar-refractivity contribution is 14.0. The predicted molar refractivity (Wildman–Crippen MR) is 133 cm³/mol. The van der Waals surface area contributed by atoms with Gasteiger partial charge >= 0.3 is 0 Å². The highest BCUT2D eigenvalue weighted by Crippen LogP contribution is 2.30. The second-order valence-corrected chi connectivity index (χ2v) is 7.61. The van der Waals surface area contributed by atoms with Gasteiger partial charge in [-0.15, -0.1) is 24.0 Å². The fourth-order valence-corrected chi connectivity index (χ4v) is 3.82. The topological polar surface area (TPSA) is 58.1 Å². The predicted octanol–water partition coefficient (Wildman–Crippen LogP) is 3.97. The van der Waals surface area contributed by atoms with Crippen LogP contribution >= 0.6 is 24.0 Å². The van der Waals surface area contributed by atoms with Crippen LogP contribution in [-0.4, -0.2) is 45.4 Å². The molecule has 1 saturated heterocycles. The second-order valence-electron chi connectivity index (χ2n) is 7.61. The van der Waals surface area contributed by atoms with Crippen molar-refractivity contribution in [2.45, 2.75) is 31.9 Å². The van der Waals surface area contributed by atoms with Gasteiger partial charge in [-0.2, -0.15) is 0 Å². The molecule has 2 N–H and O–H groups in total. The molecule has 4 rings (SSSR count). The highest BCUT2D eigenvalue weighted by atomic mass is 127. The Morgan fingerprint density at radius 1 is 1.13 bits per heavy atom. The quantitative estimate of drug-likeness (QED) is 0.354. The third-order valence-electron chi connectivity index (χ3n) is 5.48. The number of aliphatic imine (C=N–C) groups is 1. The lowest BCUT2D eigenvalue weighted by atomic mass is 10.1. The number of para-hydroxylation sites is 2. The number of fused-ring (bicyclic) bond motifs is 1. The molecule has 0 bridgehead atoms. The number of nitrogens with one attached hydrogen (secondary N) is 2. The average molecular weight is 522 g/mol. The van der Waals surface area contributed by atoms with Crippen molar-refractivity contribution in [3.8, 4) is 11.5 Å². The van der Waals surface area contributed by atoms with Crippen molar-refractivity contribution in [2.24, 2.45) is 4.99 Å². The van der Waals surface area contributed by atoms with Crippen LogP contribution in [0.1, 0.15) is 31.4 Å². The minimum Gasteiger partial charge on any atom is -0.486 e. The molecule has 0 aromatic heterocycles. The zero-order valence-corrected chi connectivity index (χ0v) is 20.0. The smallest absolute Gasteiger partial charge is 0.191 e. The van der Waals surface area contributed by atoms with Crippen LogP contribution in [0, 0.1) is 0 Å². The first-order valence-electron chi connectivity index (χ1n) is 10.4. The van der Waals surface area contributed by atoms with E-state index < -0.39 is 0 Å². The van der Waals surface area contributed by atoms with E-state index in [2.05, 4.69) is 51.7 Å². The summed E-state index contributed by atoms with van der Waals surface area (Å²) in [7, 11) is 1.79. The second kappa shape index (κ2) is 10.7. The number of anilines is 1. The summed E-state index contributed by atoms with van der Waals surface area (Å²) in [6.07, 6.45) is 2.51. The molecule has 2 atom stereocenters. The molecule has 2 heterocycles. The summed E-state index contributed by atoms with van der Waals surface area (Å²) in [5.74, 6) is 2.35. The standard InChI is InChI=1S/C23H30N4O2.HI/c1-17(18-8-7-9-19(14-18)27-12-5-6-13-27)26-23(24-2)25-15-20-16-28-21-10-3-4-11-22(21)29-20;/h3-4,7-11,14,17,20H,5-6,12-13,15-16H2,1-2H3,(H2,24,25,26);1H. The Morgan fingerprint density at radius 2 is 1.90 bits per heavy atom. The van der Waals surface area contributed by atoms with Crippen LogP contribution in [0.4, 0.5) is 5.69 Å². The molecule has 0 saturated carbocycles. The van der Waals surface area contributed by atoms with Crippen molar-refractivity contribution in [2.75, 3.05) is 38.2 Å². The highest BCUT2D eigenvalue weighted by Gasteiger charge is 2.21. The van der Waals surface area contributed by atoms with Crippen LogP contribution in [0.2, 0.25) is 0 Å². The number of rotatable bonds is 5. The first-order chi connectivity index (χ1) is 14.2. The summed E-state index contributed by atoms with van der Waals surface area (Å²) in [5.41, 5.74) is 2.56.